The number of benzene rings is 2. The molecule has 1 aliphatic carbocycles. The second-order valence-electron chi connectivity index (χ2n) is 9.38. The molecular formula is C29H28FN3O3S. The lowest BCUT2D eigenvalue weighted by molar-refractivity contribution is 0.194. The largest absolute Gasteiger partial charge is 0.493 e. The van der Waals surface area contributed by atoms with E-state index in [1.807, 2.05) is 34.4 Å². The molecule has 0 spiro atoms. The highest BCUT2D eigenvalue weighted by Gasteiger charge is 2.36. The van der Waals surface area contributed by atoms with E-state index in [1.165, 1.54) is 34.6 Å². The van der Waals surface area contributed by atoms with Crippen molar-refractivity contribution in [1.82, 2.24) is 9.47 Å². The van der Waals surface area contributed by atoms with Crippen LogP contribution < -0.4 is 14.8 Å². The maximum atomic E-state index is 14.4. The molecule has 37 heavy (non-hydrogen) atoms. The Bertz CT molecular complexity index is 1480. The molecule has 3 heterocycles. The fourth-order valence-electron chi connectivity index (χ4n) is 5.52. The highest BCUT2D eigenvalue weighted by atomic mass is 32.1. The molecule has 0 saturated heterocycles. The number of halogens is 1. The molecule has 6 nitrogen and oxygen atoms in total. The van der Waals surface area contributed by atoms with Gasteiger partial charge < -0.3 is 24.3 Å². The number of nitrogens with one attached hydrogen (secondary N) is 1. The molecule has 1 atom stereocenters. The van der Waals surface area contributed by atoms with Crippen molar-refractivity contribution in [2.75, 3.05) is 19.5 Å². The van der Waals surface area contributed by atoms with Crippen molar-refractivity contribution in [2.45, 2.75) is 38.3 Å². The molecule has 0 radical (unpaired) electrons. The standard InChI is InChI=1S/C29H28FN3O3S/c1-35-24-13-12-20(16-25(24)36-2)31-29(34)33-17-22-21-9-3-4-11-26(21)37-28(22)32-14-6-10-23(32)27(33)18-7-5-8-19(30)15-18/h5-8,10,12-16,27H,3-4,9,11,17H2,1-2H3,(H,31,34)/t27-/m0/s1. The number of rotatable bonds is 4. The van der Waals surface area contributed by atoms with E-state index < -0.39 is 6.04 Å². The molecule has 8 heteroatoms. The third-order valence-corrected chi connectivity index (χ3v) is 8.57. The zero-order valence-electron chi connectivity index (χ0n) is 20.8. The average molecular weight is 518 g/mol. The summed E-state index contributed by atoms with van der Waals surface area (Å²) in [5.41, 5.74) is 4.82. The van der Waals surface area contributed by atoms with Gasteiger partial charge in [0.2, 0.25) is 0 Å². The van der Waals surface area contributed by atoms with E-state index >= 15 is 0 Å². The number of methoxy groups -OCH3 is 2. The molecule has 2 amide bonds. The molecule has 2 aromatic heterocycles. The van der Waals surface area contributed by atoms with Gasteiger partial charge in [-0.25, -0.2) is 9.18 Å². The average Bonchev–Trinajstić information content (AvgIpc) is 3.50. The first kappa shape index (κ1) is 23.6. The number of aryl methyl sites for hydroxylation is 1. The Kier molecular flexibility index (Phi) is 6.12. The quantitative estimate of drug-likeness (QED) is 0.327. The van der Waals surface area contributed by atoms with Crippen molar-refractivity contribution >= 4 is 23.1 Å². The number of amides is 2. The van der Waals surface area contributed by atoms with Crippen LogP contribution in [0.15, 0.2) is 60.8 Å². The monoisotopic (exact) mass is 517 g/mol. The molecule has 0 bridgehead atoms. The van der Waals surface area contributed by atoms with Crippen LogP contribution in [0.5, 0.6) is 11.5 Å². The fourth-order valence-corrected chi connectivity index (χ4v) is 6.93. The Balaban J connectivity index is 1.47. The number of carbonyl (C=O) groups excluding carboxylic acids is 1. The van der Waals surface area contributed by atoms with Gasteiger partial charge in [0.25, 0.3) is 0 Å². The van der Waals surface area contributed by atoms with Gasteiger partial charge in [0, 0.05) is 28.4 Å². The van der Waals surface area contributed by atoms with Crippen molar-refractivity contribution in [1.29, 1.82) is 0 Å². The highest BCUT2D eigenvalue weighted by Crippen LogP contribution is 2.44. The predicted molar refractivity (Wildman–Crippen MR) is 143 cm³/mol. The zero-order chi connectivity index (χ0) is 25.5. The molecule has 1 N–H and O–H groups in total. The highest BCUT2D eigenvalue weighted by molar-refractivity contribution is 7.15. The molecule has 0 saturated carbocycles. The molecule has 2 aromatic carbocycles. The van der Waals surface area contributed by atoms with Crippen molar-refractivity contribution in [2.24, 2.45) is 0 Å². The SMILES string of the molecule is COc1ccc(NC(=O)N2Cc3c(sc4c3CCCC4)-n3cccc3[C@@H]2c2cccc(F)c2)cc1OC. The summed E-state index contributed by atoms with van der Waals surface area (Å²) in [6.45, 7) is 0.434. The number of hydrogen-bond donors (Lipinski definition) is 1. The van der Waals surface area contributed by atoms with Crippen molar-refractivity contribution in [3.8, 4) is 16.5 Å². The van der Waals surface area contributed by atoms with E-state index in [9.17, 15) is 9.18 Å². The number of ether oxygens (including phenoxy) is 2. The first-order valence-electron chi connectivity index (χ1n) is 12.4. The van der Waals surface area contributed by atoms with Gasteiger partial charge in [-0.2, -0.15) is 0 Å². The Morgan fingerprint density at radius 2 is 1.84 bits per heavy atom. The minimum Gasteiger partial charge on any atom is -0.493 e. The van der Waals surface area contributed by atoms with Crippen LogP contribution in [0.1, 0.15) is 46.1 Å². The van der Waals surface area contributed by atoms with Crippen LogP contribution >= 0.6 is 11.3 Å². The van der Waals surface area contributed by atoms with E-state index in [1.54, 1.807) is 38.5 Å². The van der Waals surface area contributed by atoms with Crippen LogP contribution in [0.4, 0.5) is 14.9 Å². The summed E-state index contributed by atoms with van der Waals surface area (Å²) in [6, 6.07) is 15.1. The summed E-state index contributed by atoms with van der Waals surface area (Å²) in [5, 5.41) is 4.22. The molecular weight excluding hydrogens is 489 g/mol. The summed E-state index contributed by atoms with van der Waals surface area (Å²) in [7, 11) is 3.14. The zero-order valence-corrected chi connectivity index (χ0v) is 21.6. The number of carbonyl (C=O) groups is 1. The Hall–Kier alpha value is -3.78. The number of nitrogens with zero attached hydrogens (tertiary/aromatic N) is 2. The van der Waals surface area contributed by atoms with Gasteiger partial charge in [-0.3, -0.25) is 0 Å². The second kappa shape index (κ2) is 9.59. The number of aromatic nitrogens is 1. The number of thiophene rings is 1. The summed E-state index contributed by atoms with van der Waals surface area (Å²) < 4.78 is 27.4. The van der Waals surface area contributed by atoms with Crippen LogP contribution in [-0.2, 0) is 19.4 Å². The predicted octanol–water partition coefficient (Wildman–Crippen LogP) is 6.71. The van der Waals surface area contributed by atoms with E-state index in [4.69, 9.17) is 9.47 Å². The van der Waals surface area contributed by atoms with Crippen LogP contribution in [0.3, 0.4) is 0 Å². The van der Waals surface area contributed by atoms with Gasteiger partial charge in [-0.15, -0.1) is 11.3 Å². The molecule has 6 rings (SSSR count). The second-order valence-corrected chi connectivity index (χ2v) is 10.5. The third-order valence-electron chi connectivity index (χ3n) is 7.24. The summed E-state index contributed by atoms with van der Waals surface area (Å²) >= 11 is 1.83. The minimum absolute atomic E-state index is 0.266. The Morgan fingerprint density at radius 3 is 2.65 bits per heavy atom. The number of hydrogen-bond acceptors (Lipinski definition) is 4. The van der Waals surface area contributed by atoms with Gasteiger partial charge in [0.05, 0.1) is 32.5 Å². The lowest BCUT2D eigenvalue weighted by Gasteiger charge is -2.31. The van der Waals surface area contributed by atoms with Crippen LogP contribution in [-0.4, -0.2) is 29.7 Å². The summed E-state index contributed by atoms with van der Waals surface area (Å²) in [4.78, 5) is 17.3. The fraction of sp³-hybridized carbons (Fsp3) is 0.276. The molecule has 0 fully saturated rings. The van der Waals surface area contributed by atoms with Gasteiger partial charge in [-0.05, 0) is 73.2 Å². The molecule has 2 aliphatic rings. The first-order chi connectivity index (χ1) is 18.1. The molecule has 1 aliphatic heterocycles. The molecule has 4 aromatic rings. The number of fused-ring (bicyclic) bond motifs is 5. The Morgan fingerprint density at radius 1 is 1.00 bits per heavy atom. The van der Waals surface area contributed by atoms with Gasteiger partial charge >= 0.3 is 6.03 Å². The lowest BCUT2D eigenvalue weighted by atomic mass is 9.95. The normalized spacial score (nSPS) is 16.3. The van der Waals surface area contributed by atoms with Crippen molar-refractivity contribution < 1.29 is 18.7 Å². The van der Waals surface area contributed by atoms with Crippen molar-refractivity contribution in [3.05, 3.63) is 93.9 Å². The number of anilines is 1. The molecule has 0 unspecified atom stereocenters. The lowest BCUT2D eigenvalue weighted by Crippen LogP contribution is -2.38. The van der Waals surface area contributed by atoms with Gasteiger partial charge in [0.15, 0.2) is 11.5 Å². The van der Waals surface area contributed by atoms with Crippen molar-refractivity contribution in [3.63, 3.8) is 0 Å². The first-order valence-corrected chi connectivity index (χ1v) is 13.2. The van der Waals surface area contributed by atoms with E-state index in [-0.39, 0.29) is 11.8 Å². The van der Waals surface area contributed by atoms with E-state index in [0.29, 0.717) is 23.7 Å². The maximum Gasteiger partial charge on any atom is 0.322 e. The number of urea groups is 1. The van der Waals surface area contributed by atoms with E-state index in [2.05, 4.69) is 16.1 Å². The molecule has 190 valence electrons. The Labute approximate surface area is 219 Å². The van der Waals surface area contributed by atoms with Gasteiger partial charge in [-0.1, -0.05) is 12.1 Å². The van der Waals surface area contributed by atoms with E-state index in [0.717, 1.165) is 35.5 Å². The minimum atomic E-state index is -0.468. The topological polar surface area (TPSA) is 55.7 Å². The van der Waals surface area contributed by atoms with Crippen LogP contribution in [0, 0.1) is 5.82 Å². The summed E-state index contributed by atoms with van der Waals surface area (Å²) in [5.74, 6) is 0.786. The van der Waals surface area contributed by atoms with Gasteiger partial charge in [0.1, 0.15) is 10.8 Å². The third kappa shape index (κ3) is 4.15. The smallest absolute Gasteiger partial charge is 0.322 e. The summed E-state index contributed by atoms with van der Waals surface area (Å²) in [6.07, 6.45) is 6.50. The maximum absolute atomic E-state index is 14.4. The van der Waals surface area contributed by atoms with Crippen LogP contribution in [0.2, 0.25) is 0 Å². The van der Waals surface area contributed by atoms with Crippen LogP contribution in [0.25, 0.3) is 5.00 Å².